The largest absolute Gasteiger partial charge is 0.456 e. The van der Waals surface area contributed by atoms with E-state index in [2.05, 4.69) is 33.8 Å². The topological polar surface area (TPSA) is 72.8 Å². The van der Waals surface area contributed by atoms with E-state index in [1.54, 1.807) is 0 Å². The fourth-order valence-electron chi connectivity index (χ4n) is 5.65. The first-order chi connectivity index (χ1) is 13.0. The van der Waals surface area contributed by atoms with E-state index in [9.17, 15) is 14.7 Å². The van der Waals surface area contributed by atoms with Gasteiger partial charge in [-0.15, -0.1) is 11.6 Å². The third-order valence-electron chi connectivity index (χ3n) is 7.67. The van der Waals surface area contributed by atoms with Gasteiger partial charge in [0.25, 0.3) is 0 Å². The summed E-state index contributed by atoms with van der Waals surface area (Å²) in [5, 5.41) is 11.2. The van der Waals surface area contributed by atoms with Crippen LogP contribution in [0.4, 0.5) is 0 Å². The van der Waals surface area contributed by atoms with Gasteiger partial charge in [0.1, 0.15) is 6.10 Å². The number of allylic oxidation sites excluding steroid dienone is 2. The summed E-state index contributed by atoms with van der Waals surface area (Å²) in [5.41, 5.74) is -0.189. The van der Waals surface area contributed by atoms with Gasteiger partial charge in [-0.05, 0) is 48.3 Å². The Bertz CT molecular complexity index is 686. The minimum Gasteiger partial charge on any atom is -0.456 e. The molecule has 0 radical (unpaired) electrons. The van der Waals surface area contributed by atoms with Gasteiger partial charge in [-0.2, -0.15) is 0 Å². The number of hydrogen-bond donors (Lipinski definition) is 1. The Labute approximate surface area is 172 Å². The van der Waals surface area contributed by atoms with Crippen molar-refractivity contribution in [2.75, 3.05) is 5.88 Å². The third kappa shape index (κ3) is 3.39. The van der Waals surface area contributed by atoms with Gasteiger partial charge < -0.3 is 14.6 Å². The Balaban J connectivity index is 1.92. The second kappa shape index (κ2) is 7.32. The Morgan fingerprint density at radius 3 is 2.68 bits per heavy atom. The second-order valence-electron chi connectivity index (χ2n) is 9.87. The molecule has 6 heteroatoms. The maximum Gasteiger partial charge on any atom is 0.351 e. The first-order valence-corrected chi connectivity index (χ1v) is 10.9. The van der Waals surface area contributed by atoms with E-state index < -0.39 is 29.7 Å². The second-order valence-corrected chi connectivity index (χ2v) is 10.1. The number of aliphatic hydroxyl groups is 1. The van der Waals surface area contributed by atoms with Crippen LogP contribution >= 0.6 is 11.6 Å². The Morgan fingerprint density at radius 2 is 2.07 bits per heavy atom. The molecule has 0 bridgehead atoms. The van der Waals surface area contributed by atoms with Gasteiger partial charge in [0.2, 0.25) is 6.10 Å². The summed E-state index contributed by atoms with van der Waals surface area (Å²) in [6, 6.07) is 0. The van der Waals surface area contributed by atoms with Crippen molar-refractivity contribution in [2.24, 2.45) is 22.7 Å². The molecule has 3 rings (SSSR count). The molecular formula is C22H33ClO5. The van der Waals surface area contributed by atoms with E-state index in [0.717, 1.165) is 19.3 Å². The van der Waals surface area contributed by atoms with Crippen molar-refractivity contribution in [2.45, 2.75) is 84.5 Å². The fourth-order valence-corrected chi connectivity index (χ4v) is 5.96. The highest BCUT2D eigenvalue weighted by molar-refractivity contribution is 6.19. The lowest BCUT2D eigenvalue weighted by Gasteiger charge is -2.54. The molecule has 2 fully saturated rings. The van der Waals surface area contributed by atoms with E-state index in [-0.39, 0.29) is 16.7 Å². The molecule has 1 saturated carbocycles. The Morgan fingerprint density at radius 1 is 1.39 bits per heavy atom. The summed E-state index contributed by atoms with van der Waals surface area (Å²) in [6.45, 7) is 10.3. The van der Waals surface area contributed by atoms with Gasteiger partial charge in [0, 0.05) is 6.92 Å². The van der Waals surface area contributed by atoms with Crippen LogP contribution in [0.5, 0.6) is 0 Å². The van der Waals surface area contributed by atoms with E-state index in [4.69, 9.17) is 21.1 Å². The average Bonchev–Trinajstić information content (AvgIpc) is 2.82. The van der Waals surface area contributed by atoms with Gasteiger partial charge in [-0.3, -0.25) is 4.79 Å². The number of esters is 2. The van der Waals surface area contributed by atoms with Gasteiger partial charge in [0.05, 0.1) is 5.88 Å². The van der Waals surface area contributed by atoms with Crippen molar-refractivity contribution in [1.82, 2.24) is 0 Å². The number of rotatable bonds is 4. The van der Waals surface area contributed by atoms with E-state index in [1.807, 2.05) is 0 Å². The number of fused-ring (bicyclic) bond motifs is 1. The normalized spacial score (nSPS) is 42.4. The lowest BCUT2D eigenvalue weighted by atomic mass is 9.51. The molecule has 28 heavy (non-hydrogen) atoms. The zero-order valence-electron chi connectivity index (χ0n) is 17.6. The molecule has 5 nitrogen and oxygen atoms in total. The molecule has 0 amide bonds. The maximum atomic E-state index is 12.4. The molecule has 1 aliphatic heterocycles. The molecule has 3 aliphatic rings. The Kier molecular flexibility index (Phi) is 5.65. The molecule has 158 valence electrons. The molecule has 0 aromatic rings. The van der Waals surface area contributed by atoms with Crippen molar-refractivity contribution >= 4 is 23.5 Å². The number of hydrogen-bond acceptors (Lipinski definition) is 5. The first-order valence-electron chi connectivity index (χ1n) is 10.3. The molecule has 1 heterocycles. The minimum absolute atomic E-state index is 0.141. The molecule has 0 aromatic heterocycles. The van der Waals surface area contributed by atoms with Gasteiger partial charge in [-0.25, -0.2) is 4.79 Å². The summed E-state index contributed by atoms with van der Waals surface area (Å²) < 4.78 is 10.6. The number of alkyl halides is 1. The van der Waals surface area contributed by atoms with Crippen molar-refractivity contribution in [3.63, 3.8) is 0 Å². The zero-order chi connectivity index (χ0) is 20.9. The Hall–Kier alpha value is -1.07. The van der Waals surface area contributed by atoms with Crippen LogP contribution < -0.4 is 0 Å². The van der Waals surface area contributed by atoms with Crippen LogP contribution in [-0.4, -0.2) is 40.7 Å². The van der Waals surface area contributed by atoms with Crippen molar-refractivity contribution in [1.29, 1.82) is 0 Å². The monoisotopic (exact) mass is 412 g/mol. The maximum absolute atomic E-state index is 12.4. The van der Waals surface area contributed by atoms with Gasteiger partial charge in [-0.1, -0.05) is 45.8 Å². The summed E-state index contributed by atoms with van der Waals surface area (Å²) in [7, 11) is 0. The molecule has 2 aliphatic carbocycles. The van der Waals surface area contributed by atoms with Gasteiger partial charge in [0.15, 0.2) is 5.60 Å². The van der Waals surface area contributed by atoms with Crippen LogP contribution in [0.1, 0.15) is 66.7 Å². The lowest BCUT2D eigenvalue weighted by Crippen LogP contribution is -2.54. The minimum atomic E-state index is -1.71. The van der Waals surface area contributed by atoms with Gasteiger partial charge >= 0.3 is 11.9 Å². The summed E-state index contributed by atoms with van der Waals surface area (Å²) in [4.78, 5) is 23.8. The number of carbonyl (C=O) groups excluding carboxylic acids is 2. The highest BCUT2D eigenvalue weighted by Gasteiger charge is 2.61. The van der Waals surface area contributed by atoms with E-state index in [0.29, 0.717) is 18.3 Å². The molecule has 6 atom stereocenters. The lowest BCUT2D eigenvalue weighted by molar-refractivity contribution is -0.164. The predicted octanol–water partition coefficient (Wildman–Crippen LogP) is 4.00. The SMILES string of the molecule is CC(=O)OC1C(=O)OC(CC2(C)C(C)CC=C3C2CCCC3(C)C)C1(O)CCl. The van der Waals surface area contributed by atoms with Crippen LogP contribution in [0.2, 0.25) is 0 Å². The van der Waals surface area contributed by atoms with Crippen LogP contribution in [0.15, 0.2) is 11.6 Å². The molecule has 1 saturated heterocycles. The fraction of sp³-hybridized carbons (Fsp3) is 0.818. The molecule has 1 N–H and O–H groups in total. The van der Waals surface area contributed by atoms with E-state index >= 15 is 0 Å². The van der Waals surface area contributed by atoms with Crippen molar-refractivity contribution in [3.05, 3.63) is 11.6 Å². The average molecular weight is 413 g/mol. The van der Waals surface area contributed by atoms with E-state index in [1.165, 1.54) is 18.9 Å². The number of ether oxygens (including phenoxy) is 2. The third-order valence-corrected chi connectivity index (χ3v) is 8.10. The van der Waals surface area contributed by atoms with Crippen LogP contribution in [0.25, 0.3) is 0 Å². The van der Waals surface area contributed by atoms with Crippen LogP contribution in [-0.2, 0) is 19.1 Å². The highest BCUT2D eigenvalue weighted by atomic mass is 35.5. The standard InChI is InChI=1S/C22H33ClO5/c1-13-8-9-15-16(7-6-10-20(15,3)4)21(13,5)11-17-22(26,12-23)18(19(25)28-17)27-14(2)24/h9,13,16-18,26H,6-8,10-12H2,1-5H3. The number of halogens is 1. The highest BCUT2D eigenvalue weighted by Crippen LogP contribution is 2.59. The van der Waals surface area contributed by atoms with Crippen LogP contribution in [0.3, 0.4) is 0 Å². The molecule has 0 spiro atoms. The molecule has 0 aromatic carbocycles. The summed E-state index contributed by atoms with van der Waals surface area (Å²) in [6.07, 6.45) is 5.16. The smallest absolute Gasteiger partial charge is 0.351 e. The van der Waals surface area contributed by atoms with Crippen molar-refractivity contribution < 1.29 is 24.2 Å². The number of carbonyl (C=O) groups is 2. The first kappa shape index (κ1) is 21.6. The number of cyclic esters (lactones) is 1. The van der Waals surface area contributed by atoms with Crippen molar-refractivity contribution in [3.8, 4) is 0 Å². The molecule has 6 unspecified atom stereocenters. The quantitative estimate of drug-likeness (QED) is 0.429. The summed E-state index contributed by atoms with van der Waals surface area (Å²) in [5.74, 6) is -0.824. The summed E-state index contributed by atoms with van der Waals surface area (Å²) >= 11 is 6.08. The zero-order valence-corrected chi connectivity index (χ0v) is 18.3. The molecular weight excluding hydrogens is 380 g/mol. The van der Waals surface area contributed by atoms with Crippen LogP contribution in [0, 0.1) is 22.7 Å². The predicted molar refractivity (Wildman–Crippen MR) is 107 cm³/mol.